The van der Waals surface area contributed by atoms with Gasteiger partial charge in [-0.2, -0.15) is 0 Å². The number of urea groups is 1. The summed E-state index contributed by atoms with van der Waals surface area (Å²) in [6, 6.07) is 27.2. The normalized spacial score (nSPS) is 14.7. The number of halogens is 1. The summed E-state index contributed by atoms with van der Waals surface area (Å²) >= 11 is 0. The van der Waals surface area contributed by atoms with Crippen molar-refractivity contribution in [2.24, 2.45) is 5.16 Å². The lowest BCUT2D eigenvalue weighted by molar-refractivity contribution is 0.0608. The van der Waals surface area contributed by atoms with Gasteiger partial charge in [-0.1, -0.05) is 65.8 Å². The number of ether oxygens (including phenoxy) is 1. The molecule has 1 N–H and O–H groups in total. The minimum atomic E-state index is -0.330. The topological polar surface area (TPSA) is 63.2 Å². The van der Waals surface area contributed by atoms with Crippen LogP contribution in [0.4, 0.5) is 14.9 Å². The lowest BCUT2D eigenvalue weighted by Crippen LogP contribution is -2.40. The fourth-order valence-electron chi connectivity index (χ4n) is 4.37. The molecule has 0 saturated heterocycles. The summed E-state index contributed by atoms with van der Waals surface area (Å²) in [5.41, 5.74) is 3.18. The van der Waals surface area contributed by atoms with Gasteiger partial charge in [-0.25, -0.2) is 9.18 Å². The number of methoxy groups -OCH3 is 1. The van der Waals surface area contributed by atoms with Crippen LogP contribution in [-0.4, -0.2) is 36.4 Å². The van der Waals surface area contributed by atoms with E-state index in [0.717, 1.165) is 39.0 Å². The van der Waals surface area contributed by atoms with E-state index in [1.165, 1.54) is 12.1 Å². The molecule has 4 aromatic carbocycles. The van der Waals surface area contributed by atoms with Crippen LogP contribution in [0.3, 0.4) is 0 Å². The molecular formula is C29H26FN3O3. The summed E-state index contributed by atoms with van der Waals surface area (Å²) in [6.45, 7) is 0.594. The number of amides is 2. The molecule has 0 radical (unpaired) electrons. The van der Waals surface area contributed by atoms with Crippen molar-refractivity contribution >= 4 is 28.2 Å². The van der Waals surface area contributed by atoms with Crippen LogP contribution in [0.25, 0.3) is 10.8 Å². The molecule has 1 atom stereocenters. The van der Waals surface area contributed by atoms with Crippen molar-refractivity contribution in [2.45, 2.75) is 19.1 Å². The van der Waals surface area contributed by atoms with Crippen LogP contribution in [-0.2, 0) is 11.4 Å². The van der Waals surface area contributed by atoms with E-state index in [4.69, 9.17) is 9.57 Å². The zero-order chi connectivity index (χ0) is 24.9. The Kier molecular flexibility index (Phi) is 6.80. The van der Waals surface area contributed by atoms with E-state index in [-0.39, 0.29) is 18.0 Å². The van der Waals surface area contributed by atoms with Crippen molar-refractivity contribution in [1.29, 1.82) is 0 Å². The van der Waals surface area contributed by atoms with Gasteiger partial charge >= 0.3 is 6.03 Å². The second kappa shape index (κ2) is 10.5. The van der Waals surface area contributed by atoms with E-state index in [1.54, 1.807) is 24.1 Å². The molecule has 0 saturated carbocycles. The summed E-state index contributed by atoms with van der Waals surface area (Å²) in [5.74, 6) is 0.400. The lowest BCUT2D eigenvalue weighted by Gasteiger charge is -2.25. The SMILES string of the molecule is COc1ccccc1C1=NO[C@H](CN(Cc2ccc(F)cc2)C(=O)Nc2cccc3ccccc23)C1. The Balaban J connectivity index is 1.35. The zero-order valence-corrected chi connectivity index (χ0v) is 19.9. The van der Waals surface area contributed by atoms with E-state index >= 15 is 0 Å². The number of nitrogens with one attached hydrogen (secondary N) is 1. The van der Waals surface area contributed by atoms with Gasteiger partial charge in [0.25, 0.3) is 0 Å². The van der Waals surface area contributed by atoms with E-state index in [0.29, 0.717) is 19.5 Å². The summed E-state index contributed by atoms with van der Waals surface area (Å²) in [5, 5.41) is 9.32. The van der Waals surface area contributed by atoms with Crippen LogP contribution in [0.5, 0.6) is 5.75 Å². The van der Waals surface area contributed by atoms with E-state index < -0.39 is 0 Å². The lowest BCUT2D eigenvalue weighted by atomic mass is 10.0. The van der Waals surface area contributed by atoms with Crippen molar-refractivity contribution < 1.29 is 18.8 Å². The molecule has 0 fully saturated rings. The molecule has 7 heteroatoms. The highest BCUT2D eigenvalue weighted by atomic mass is 19.1. The number of fused-ring (bicyclic) bond motifs is 1. The first-order chi connectivity index (χ1) is 17.6. The molecule has 2 amide bonds. The van der Waals surface area contributed by atoms with Crippen molar-refractivity contribution in [2.75, 3.05) is 19.0 Å². The third kappa shape index (κ3) is 5.15. The minimum Gasteiger partial charge on any atom is -0.496 e. The van der Waals surface area contributed by atoms with Crippen LogP contribution in [0.15, 0.2) is 96.2 Å². The molecule has 6 nitrogen and oxygen atoms in total. The predicted molar refractivity (Wildman–Crippen MR) is 139 cm³/mol. The number of anilines is 1. The Morgan fingerprint density at radius 1 is 1.03 bits per heavy atom. The van der Waals surface area contributed by atoms with Crippen molar-refractivity contribution in [1.82, 2.24) is 4.90 Å². The van der Waals surface area contributed by atoms with Crippen LogP contribution < -0.4 is 10.1 Å². The van der Waals surface area contributed by atoms with Crippen molar-refractivity contribution in [3.05, 3.63) is 108 Å². The highest BCUT2D eigenvalue weighted by molar-refractivity contribution is 6.04. The Labute approximate surface area is 208 Å². The van der Waals surface area contributed by atoms with Crippen molar-refractivity contribution in [3.8, 4) is 5.75 Å². The predicted octanol–water partition coefficient (Wildman–Crippen LogP) is 6.21. The maximum atomic E-state index is 13.5. The molecule has 182 valence electrons. The molecule has 36 heavy (non-hydrogen) atoms. The van der Waals surface area contributed by atoms with Crippen LogP contribution in [0, 0.1) is 5.82 Å². The maximum Gasteiger partial charge on any atom is 0.322 e. The fraction of sp³-hybridized carbons (Fsp3) is 0.172. The Bertz CT molecular complexity index is 1400. The molecule has 4 aromatic rings. The number of benzene rings is 4. The highest BCUT2D eigenvalue weighted by Gasteiger charge is 2.28. The standard InChI is InChI=1S/C29H26FN3O3/c1-35-28-12-5-4-10-25(28)27-17-23(36-32-27)19-33(18-20-13-15-22(30)16-14-20)29(34)31-26-11-6-8-21-7-2-3-9-24(21)26/h2-16,23H,17-19H2,1H3,(H,31,34)/t23-/m0/s1. The van der Waals surface area contributed by atoms with Gasteiger partial charge in [0.15, 0.2) is 6.10 Å². The molecule has 0 unspecified atom stereocenters. The second-order valence-corrected chi connectivity index (χ2v) is 8.63. The van der Waals surface area contributed by atoms with Gasteiger partial charge in [0, 0.05) is 23.9 Å². The van der Waals surface area contributed by atoms with Crippen LogP contribution in [0.1, 0.15) is 17.5 Å². The van der Waals surface area contributed by atoms with Gasteiger partial charge in [0.2, 0.25) is 0 Å². The van der Waals surface area contributed by atoms with E-state index in [2.05, 4.69) is 10.5 Å². The minimum absolute atomic E-state index is 0.273. The number of nitrogens with zero attached hydrogens (tertiary/aromatic N) is 2. The molecule has 0 aliphatic carbocycles. The molecule has 5 rings (SSSR count). The largest absolute Gasteiger partial charge is 0.496 e. The smallest absolute Gasteiger partial charge is 0.322 e. The van der Waals surface area contributed by atoms with Crippen LogP contribution in [0.2, 0.25) is 0 Å². The van der Waals surface area contributed by atoms with Gasteiger partial charge in [0.05, 0.1) is 25.1 Å². The number of oxime groups is 1. The third-order valence-corrected chi connectivity index (χ3v) is 6.18. The maximum absolute atomic E-state index is 13.5. The first-order valence-corrected chi connectivity index (χ1v) is 11.7. The van der Waals surface area contributed by atoms with E-state index in [9.17, 15) is 9.18 Å². The fourth-order valence-corrected chi connectivity index (χ4v) is 4.37. The number of carbonyl (C=O) groups is 1. The van der Waals surface area contributed by atoms with Gasteiger partial charge in [-0.05, 0) is 41.3 Å². The van der Waals surface area contributed by atoms with Crippen LogP contribution >= 0.6 is 0 Å². The summed E-state index contributed by atoms with van der Waals surface area (Å²) in [6.07, 6.45) is 0.200. The quantitative estimate of drug-likeness (QED) is 0.340. The molecule has 1 heterocycles. The van der Waals surface area contributed by atoms with Gasteiger partial charge in [-0.15, -0.1) is 0 Å². The number of carbonyl (C=O) groups excluding carboxylic acids is 1. The Morgan fingerprint density at radius 3 is 2.61 bits per heavy atom. The first-order valence-electron chi connectivity index (χ1n) is 11.7. The Hall–Kier alpha value is -4.39. The van der Waals surface area contributed by atoms with Gasteiger partial charge in [-0.3, -0.25) is 0 Å². The monoisotopic (exact) mass is 483 g/mol. The van der Waals surface area contributed by atoms with E-state index in [1.807, 2.05) is 66.7 Å². The van der Waals surface area contributed by atoms with Crippen molar-refractivity contribution in [3.63, 3.8) is 0 Å². The molecule has 1 aliphatic heterocycles. The molecule has 0 bridgehead atoms. The third-order valence-electron chi connectivity index (χ3n) is 6.18. The number of hydrogen-bond donors (Lipinski definition) is 1. The molecular weight excluding hydrogens is 457 g/mol. The summed E-state index contributed by atoms with van der Waals surface area (Å²) in [4.78, 5) is 20.9. The summed E-state index contributed by atoms with van der Waals surface area (Å²) in [7, 11) is 1.62. The average molecular weight is 484 g/mol. The Morgan fingerprint density at radius 2 is 1.78 bits per heavy atom. The highest BCUT2D eigenvalue weighted by Crippen LogP contribution is 2.26. The zero-order valence-electron chi connectivity index (χ0n) is 19.9. The average Bonchev–Trinajstić information content (AvgIpc) is 3.38. The number of para-hydroxylation sites is 1. The molecule has 1 aliphatic rings. The van der Waals surface area contributed by atoms with Gasteiger partial charge in [0.1, 0.15) is 11.6 Å². The number of rotatable bonds is 7. The molecule has 0 aromatic heterocycles. The first kappa shape index (κ1) is 23.4. The second-order valence-electron chi connectivity index (χ2n) is 8.63. The molecule has 0 spiro atoms. The van der Waals surface area contributed by atoms with Gasteiger partial charge < -0.3 is 19.8 Å². The number of hydrogen-bond acceptors (Lipinski definition) is 4. The summed E-state index contributed by atoms with van der Waals surface area (Å²) < 4.78 is 18.9.